The first kappa shape index (κ1) is 15.4. The van der Waals surface area contributed by atoms with E-state index in [4.69, 9.17) is 0 Å². The quantitative estimate of drug-likeness (QED) is 0.552. The number of unbranched alkanes of at least 4 members (excludes halogenated alkanes) is 1. The Morgan fingerprint density at radius 1 is 1.22 bits per heavy atom. The molecule has 2 aromatic rings. The molecule has 1 N–H and O–H groups in total. The normalized spacial score (nSPS) is 10.6. The van der Waals surface area contributed by atoms with E-state index in [9.17, 15) is 5.11 Å². The van der Waals surface area contributed by atoms with E-state index in [0.29, 0.717) is 0 Å². The Labute approximate surface area is 125 Å². The number of aliphatic hydroxyl groups excluding tert-OH is 1. The zero-order valence-corrected chi connectivity index (χ0v) is 13.2. The largest absolute Gasteiger partial charge is 1.00 e. The van der Waals surface area contributed by atoms with Gasteiger partial charge in [0, 0.05) is 0 Å². The van der Waals surface area contributed by atoms with Crippen molar-refractivity contribution < 1.29 is 33.7 Å². The summed E-state index contributed by atoms with van der Waals surface area (Å²) in [5.74, 6) is 1.02. The Kier molecular flexibility index (Phi) is 6.08. The Bertz CT molecular complexity index is 508. The van der Waals surface area contributed by atoms with Gasteiger partial charge in [0.2, 0.25) is 0 Å². The molecule has 1 aromatic carbocycles. The standard InChI is InChI=1S/C14H21N2O.HI/c1-3-5-10-16-13-9-7-6-8-12(13)15(4-2)14(16)11-17;/h6-9,17H,3-5,10-11H2,1-2H3;1H/q+1;/p-1. The number of halogens is 1. The van der Waals surface area contributed by atoms with Gasteiger partial charge in [0.25, 0.3) is 5.82 Å². The smallest absolute Gasteiger partial charge is 0.283 e. The Balaban J connectivity index is 0.00000162. The van der Waals surface area contributed by atoms with Gasteiger partial charge in [-0.25, -0.2) is 9.13 Å². The number of para-hydroxylation sites is 2. The van der Waals surface area contributed by atoms with Crippen LogP contribution in [-0.4, -0.2) is 9.67 Å². The third-order valence-corrected chi connectivity index (χ3v) is 3.28. The fraction of sp³-hybridized carbons (Fsp3) is 0.500. The number of benzene rings is 1. The van der Waals surface area contributed by atoms with E-state index in [2.05, 4.69) is 47.2 Å². The molecule has 0 unspecified atom stereocenters. The fourth-order valence-electron chi connectivity index (χ4n) is 2.43. The fourth-order valence-corrected chi connectivity index (χ4v) is 2.43. The zero-order valence-electron chi connectivity index (χ0n) is 11.1. The van der Waals surface area contributed by atoms with Gasteiger partial charge in [-0.05, 0) is 25.5 Å². The zero-order chi connectivity index (χ0) is 12.3. The molecule has 0 saturated heterocycles. The lowest BCUT2D eigenvalue weighted by Gasteiger charge is -2.00. The number of hydrogen-bond donors (Lipinski definition) is 1. The van der Waals surface area contributed by atoms with Crippen molar-refractivity contribution >= 4 is 11.0 Å². The molecule has 1 heterocycles. The molecule has 0 atom stereocenters. The maximum absolute atomic E-state index is 9.59. The maximum Gasteiger partial charge on any atom is 0.283 e. The molecule has 2 rings (SSSR count). The van der Waals surface area contributed by atoms with Gasteiger partial charge < -0.3 is 29.1 Å². The third-order valence-electron chi connectivity index (χ3n) is 3.28. The second-order valence-corrected chi connectivity index (χ2v) is 4.31. The van der Waals surface area contributed by atoms with Crippen LogP contribution in [0.4, 0.5) is 0 Å². The molecular formula is C14H21IN2O. The monoisotopic (exact) mass is 360 g/mol. The Morgan fingerprint density at radius 2 is 1.94 bits per heavy atom. The molecule has 1 aromatic heterocycles. The summed E-state index contributed by atoms with van der Waals surface area (Å²) < 4.78 is 4.45. The minimum atomic E-state index is 0. The van der Waals surface area contributed by atoms with E-state index in [1.165, 1.54) is 17.5 Å². The van der Waals surface area contributed by atoms with Gasteiger partial charge >= 0.3 is 0 Å². The molecule has 100 valence electrons. The molecule has 0 aliphatic heterocycles. The average Bonchev–Trinajstić information content (AvgIpc) is 2.69. The minimum absolute atomic E-state index is 0. The van der Waals surface area contributed by atoms with Gasteiger partial charge in [-0.2, -0.15) is 0 Å². The van der Waals surface area contributed by atoms with Crippen LogP contribution in [0.15, 0.2) is 24.3 Å². The number of aliphatic hydroxyl groups is 1. The lowest BCUT2D eigenvalue weighted by atomic mass is 10.3. The van der Waals surface area contributed by atoms with E-state index in [-0.39, 0.29) is 30.6 Å². The first-order valence-corrected chi connectivity index (χ1v) is 6.44. The number of imidazole rings is 1. The second kappa shape index (κ2) is 7.09. The second-order valence-electron chi connectivity index (χ2n) is 4.31. The van der Waals surface area contributed by atoms with Crippen LogP contribution in [0, 0.1) is 0 Å². The lowest BCUT2D eigenvalue weighted by Crippen LogP contribution is -3.00. The van der Waals surface area contributed by atoms with Gasteiger partial charge in [0.1, 0.15) is 6.61 Å². The summed E-state index contributed by atoms with van der Waals surface area (Å²) in [5.41, 5.74) is 2.45. The van der Waals surface area contributed by atoms with Crippen LogP contribution < -0.4 is 28.5 Å². The summed E-state index contributed by atoms with van der Waals surface area (Å²) in [7, 11) is 0. The highest BCUT2D eigenvalue weighted by atomic mass is 127. The summed E-state index contributed by atoms with van der Waals surface area (Å²) in [4.78, 5) is 0. The van der Waals surface area contributed by atoms with Crippen molar-refractivity contribution in [2.75, 3.05) is 0 Å². The van der Waals surface area contributed by atoms with Crippen molar-refractivity contribution in [3.8, 4) is 0 Å². The summed E-state index contributed by atoms with van der Waals surface area (Å²) in [6.07, 6.45) is 2.32. The first-order valence-electron chi connectivity index (χ1n) is 6.44. The van der Waals surface area contributed by atoms with E-state index in [1.54, 1.807) is 0 Å². The van der Waals surface area contributed by atoms with Crippen molar-refractivity contribution in [3.05, 3.63) is 30.1 Å². The maximum atomic E-state index is 9.59. The van der Waals surface area contributed by atoms with Gasteiger partial charge in [0.15, 0.2) is 11.0 Å². The van der Waals surface area contributed by atoms with Crippen LogP contribution >= 0.6 is 0 Å². The highest BCUT2D eigenvalue weighted by Gasteiger charge is 2.22. The highest BCUT2D eigenvalue weighted by molar-refractivity contribution is 5.72. The molecule has 0 fully saturated rings. The van der Waals surface area contributed by atoms with Crippen molar-refractivity contribution in [1.82, 2.24) is 4.57 Å². The van der Waals surface area contributed by atoms with Crippen LogP contribution in [-0.2, 0) is 19.7 Å². The number of nitrogens with zero attached hydrogens (tertiary/aromatic N) is 2. The lowest BCUT2D eigenvalue weighted by molar-refractivity contribution is -0.682. The van der Waals surface area contributed by atoms with Crippen LogP contribution in [0.25, 0.3) is 11.0 Å². The molecule has 3 nitrogen and oxygen atoms in total. The van der Waals surface area contributed by atoms with E-state index < -0.39 is 0 Å². The van der Waals surface area contributed by atoms with Crippen molar-refractivity contribution in [2.24, 2.45) is 0 Å². The summed E-state index contributed by atoms with van der Waals surface area (Å²) in [6.45, 7) is 6.30. The van der Waals surface area contributed by atoms with Crippen molar-refractivity contribution in [1.29, 1.82) is 0 Å². The van der Waals surface area contributed by atoms with Crippen LogP contribution in [0.5, 0.6) is 0 Å². The van der Waals surface area contributed by atoms with E-state index in [0.717, 1.165) is 25.3 Å². The van der Waals surface area contributed by atoms with Gasteiger partial charge in [-0.1, -0.05) is 25.5 Å². The molecule has 0 aliphatic carbocycles. The molecule has 0 bridgehead atoms. The van der Waals surface area contributed by atoms with Gasteiger partial charge in [-0.15, -0.1) is 0 Å². The van der Waals surface area contributed by atoms with Gasteiger partial charge in [-0.3, -0.25) is 0 Å². The molecule has 0 aliphatic rings. The predicted octanol–water partition coefficient (Wildman–Crippen LogP) is -0.755. The summed E-state index contributed by atoms with van der Waals surface area (Å²) in [5, 5.41) is 9.59. The summed E-state index contributed by atoms with van der Waals surface area (Å²) in [6, 6.07) is 8.38. The van der Waals surface area contributed by atoms with Crippen LogP contribution in [0.3, 0.4) is 0 Å². The number of aryl methyl sites for hydroxylation is 2. The Morgan fingerprint density at radius 3 is 2.56 bits per heavy atom. The average molecular weight is 360 g/mol. The number of rotatable bonds is 5. The molecular weight excluding hydrogens is 339 g/mol. The highest BCUT2D eigenvalue weighted by Crippen LogP contribution is 2.14. The van der Waals surface area contributed by atoms with Crippen LogP contribution in [0.2, 0.25) is 0 Å². The number of hydrogen-bond acceptors (Lipinski definition) is 1. The number of aromatic nitrogens is 2. The molecule has 18 heavy (non-hydrogen) atoms. The van der Waals surface area contributed by atoms with Crippen molar-refractivity contribution in [3.63, 3.8) is 0 Å². The predicted molar refractivity (Wildman–Crippen MR) is 68.6 cm³/mol. The number of fused-ring (bicyclic) bond motifs is 1. The van der Waals surface area contributed by atoms with E-state index in [1.807, 2.05) is 0 Å². The summed E-state index contributed by atoms with van der Waals surface area (Å²) >= 11 is 0. The van der Waals surface area contributed by atoms with Crippen molar-refractivity contribution in [2.45, 2.75) is 46.4 Å². The van der Waals surface area contributed by atoms with Gasteiger partial charge in [0.05, 0.1) is 13.1 Å². The molecule has 4 heteroatoms. The topological polar surface area (TPSA) is 29.0 Å². The first-order chi connectivity index (χ1) is 8.33. The minimum Gasteiger partial charge on any atom is -1.00 e. The van der Waals surface area contributed by atoms with E-state index >= 15 is 0 Å². The van der Waals surface area contributed by atoms with Crippen LogP contribution in [0.1, 0.15) is 32.5 Å². The SMILES string of the molecule is CCCC[n+]1c(CO)n(CC)c2ccccc21.[I-]. The molecule has 0 radical (unpaired) electrons. The molecule has 0 spiro atoms. The molecule has 0 saturated carbocycles. The third kappa shape index (κ3) is 2.69. The Hall–Kier alpha value is -0.620. The molecule has 0 amide bonds.